The van der Waals surface area contributed by atoms with E-state index in [9.17, 15) is 22.8 Å². The minimum Gasteiger partial charge on any atom is -0.450 e. The van der Waals surface area contributed by atoms with Crippen LogP contribution in [-0.2, 0) is 25.1 Å². The minimum atomic E-state index is -4.67. The molecule has 0 spiro atoms. The second-order valence-corrected chi connectivity index (χ2v) is 10.3. The topological polar surface area (TPSA) is 112 Å². The standard InChI is InChI=1S/C26H21ClF4N8O3/c1-36-10-13(26(29,30)31)6-16(24(36)41)34-25-35-22-21(38(25)3)19(27)17(8-32-22)42-18-9-33-39-11-14(7-15(28)20(18)39)37(2)23(40)12-4-5-12/h6-12H,4-5H2,1-3H3,(H,32,34,35). The number of pyridine rings is 3. The number of hydrogen-bond donors (Lipinski definition) is 1. The van der Waals surface area contributed by atoms with E-state index in [1.54, 1.807) is 7.05 Å². The molecule has 0 aromatic carbocycles. The lowest BCUT2D eigenvalue weighted by atomic mass is 10.2. The van der Waals surface area contributed by atoms with Crippen LogP contribution in [-0.4, -0.2) is 41.7 Å². The predicted molar refractivity (Wildman–Crippen MR) is 145 cm³/mol. The maximum absolute atomic E-state index is 15.2. The van der Waals surface area contributed by atoms with Crippen molar-refractivity contribution in [2.24, 2.45) is 20.0 Å². The van der Waals surface area contributed by atoms with Gasteiger partial charge in [0.25, 0.3) is 5.56 Å². The van der Waals surface area contributed by atoms with Crippen molar-refractivity contribution >= 4 is 51.5 Å². The van der Waals surface area contributed by atoms with Gasteiger partial charge in [0.15, 0.2) is 23.0 Å². The highest BCUT2D eigenvalue weighted by Crippen LogP contribution is 2.38. The number of nitrogens with zero attached hydrogens (tertiary/aromatic N) is 7. The van der Waals surface area contributed by atoms with E-state index >= 15 is 4.39 Å². The molecular weight excluding hydrogens is 584 g/mol. The van der Waals surface area contributed by atoms with Crippen LogP contribution in [0, 0.1) is 11.7 Å². The first-order valence-electron chi connectivity index (χ1n) is 12.5. The summed E-state index contributed by atoms with van der Waals surface area (Å²) in [6.07, 6.45) is 1.68. The van der Waals surface area contributed by atoms with Crippen LogP contribution in [0.2, 0.25) is 5.02 Å². The van der Waals surface area contributed by atoms with Crippen molar-refractivity contribution < 1.29 is 27.1 Å². The summed E-state index contributed by atoms with van der Waals surface area (Å²) in [6.45, 7) is 0. The van der Waals surface area contributed by atoms with Crippen LogP contribution in [0.4, 0.5) is 34.9 Å². The van der Waals surface area contributed by atoms with Gasteiger partial charge >= 0.3 is 6.18 Å². The molecule has 0 unspecified atom stereocenters. The molecule has 42 heavy (non-hydrogen) atoms. The number of amides is 1. The summed E-state index contributed by atoms with van der Waals surface area (Å²) in [4.78, 5) is 34.8. The van der Waals surface area contributed by atoms with Gasteiger partial charge in [-0.2, -0.15) is 23.3 Å². The Morgan fingerprint density at radius 3 is 2.57 bits per heavy atom. The maximum Gasteiger partial charge on any atom is 0.417 e. The Balaban J connectivity index is 1.33. The van der Waals surface area contributed by atoms with Crippen molar-refractivity contribution in [3.63, 3.8) is 0 Å². The molecule has 0 bridgehead atoms. The lowest BCUT2D eigenvalue weighted by Gasteiger charge is -2.17. The number of ether oxygens (including phenoxy) is 1. The van der Waals surface area contributed by atoms with E-state index in [-0.39, 0.29) is 56.7 Å². The number of nitrogens with one attached hydrogen (secondary N) is 1. The Morgan fingerprint density at radius 1 is 1.14 bits per heavy atom. The molecule has 1 N–H and O–H groups in total. The fourth-order valence-electron chi connectivity index (χ4n) is 4.51. The van der Waals surface area contributed by atoms with Crippen molar-refractivity contribution in [3.05, 3.63) is 63.7 Å². The molecule has 5 aromatic rings. The summed E-state index contributed by atoms with van der Waals surface area (Å²) >= 11 is 6.62. The Kier molecular flexibility index (Phi) is 6.36. The van der Waals surface area contributed by atoms with E-state index in [4.69, 9.17) is 16.3 Å². The van der Waals surface area contributed by atoms with Gasteiger partial charge in [-0.25, -0.2) is 13.9 Å². The van der Waals surface area contributed by atoms with Crippen LogP contribution in [0.5, 0.6) is 11.5 Å². The number of imidazole rings is 1. The smallest absolute Gasteiger partial charge is 0.417 e. The van der Waals surface area contributed by atoms with Crippen molar-refractivity contribution in [3.8, 4) is 11.5 Å². The SMILES string of the molecule is CN(C(=O)C1CC1)c1cc(F)c2c(Oc3cnc4nc(Nc5cc(C(F)(F)F)cn(C)c5=O)n(C)c4c3Cl)cnn2c1. The van der Waals surface area contributed by atoms with Gasteiger partial charge in [0.05, 0.1) is 29.8 Å². The van der Waals surface area contributed by atoms with Gasteiger partial charge in [-0.05, 0) is 18.9 Å². The molecular formula is C26H21ClF4N8O3. The summed E-state index contributed by atoms with van der Waals surface area (Å²) in [5.74, 6) is -0.794. The molecule has 11 nitrogen and oxygen atoms in total. The molecule has 0 saturated heterocycles. The summed E-state index contributed by atoms with van der Waals surface area (Å²) in [5.41, 5.74) is -1.41. The van der Waals surface area contributed by atoms with Crippen LogP contribution in [0.15, 0.2) is 41.7 Å². The molecule has 1 saturated carbocycles. The first-order chi connectivity index (χ1) is 19.8. The largest absolute Gasteiger partial charge is 0.450 e. The van der Waals surface area contributed by atoms with Crippen LogP contribution >= 0.6 is 11.6 Å². The third kappa shape index (κ3) is 4.68. The quantitative estimate of drug-likeness (QED) is 0.271. The minimum absolute atomic E-state index is 0.00469. The maximum atomic E-state index is 15.2. The van der Waals surface area contributed by atoms with Gasteiger partial charge < -0.3 is 24.1 Å². The number of carbonyl (C=O) groups is 1. The number of aromatic nitrogens is 6. The van der Waals surface area contributed by atoms with Crippen LogP contribution in [0.25, 0.3) is 16.7 Å². The van der Waals surface area contributed by atoms with E-state index in [2.05, 4.69) is 20.4 Å². The monoisotopic (exact) mass is 604 g/mol. The molecule has 218 valence electrons. The highest BCUT2D eigenvalue weighted by atomic mass is 35.5. The molecule has 16 heteroatoms. The number of carbonyl (C=O) groups excluding carboxylic acids is 1. The molecule has 5 aromatic heterocycles. The number of alkyl halides is 3. The number of aryl methyl sites for hydroxylation is 2. The second kappa shape index (κ2) is 9.72. The zero-order valence-electron chi connectivity index (χ0n) is 22.2. The highest BCUT2D eigenvalue weighted by molar-refractivity contribution is 6.36. The Labute approximate surface area is 238 Å². The van der Waals surface area contributed by atoms with Gasteiger partial charge in [-0.3, -0.25) is 9.59 Å². The van der Waals surface area contributed by atoms with Gasteiger partial charge in [0, 0.05) is 39.3 Å². The van der Waals surface area contributed by atoms with Gasteiger partial charge in [0.1, 0.15) is 21.7 Å². The summed E-state index contributed by atoms with van der Waals surface area (Å²) in [6, 6.07) is 1.90. The van der Waals surface area contributed by atoms with E-state index in [1.807, 2.05) is 0 Å². The number of fused-ring (bicyclic) bond motifs is 2. The first-order valence-corrected chi connectivity index (χ1v) is 12.9. The third-order valence-corrected chi connectivity index (χ3v) is 7.31. The molecule has 1 aliphatic carbocycles. The van der Waals surface area contributed by atoms with Crippen LogP contribution < -0.4 is 20.5 Å². The number of hydrogen-bond acceptors (Lipinski definition) is 7. The molecule has 1 fully saturated rings. The second-order valence-electron chi connectivity index (χ2n) is 9.91. The molecule has 0 radical (unpaired) electrons. The lowest BCUT2D eigenvalue weighted by Crippen LogP contribution is -2.28. The van der Waals surface area contributed by atoms with Crippen molar-refractivity contribution in [2.45, 2.75) is 19.0 Å². The normalized spacial score (nSPS) is 13.6. The van der Waals surface area contributed by atoms with E-state index in [0.717, 1.165) is 17.4 Å². The molecule has 6 rings (SSSR count). The molecule has 5 heterocycles. The first kappa shape index (κ1) is 27.5. The van der Waals surface area contributed by atoms with E-state index in [0.29, 0.717) is 18.0 Å². The van der Waals surface area contributed by atoms with Gasteiger partial charge in [-0.15, -0.1) is 0 Å². The third-order valence-electron chi connectivity index (χ3n) is 6.94. The summed E-state index contributed by atoms with van der Waals surface area (Å²) in [5, 5.41) is 6.80. The molecule has 1 aliphatic rings. The average molecular weight is 605 g/mol. The average Bonchev–Trinajstić information content (AvgIpc) is 3.63. The Hall–Kier alpha value is -4.66. The fraction of sp³-hybridized carbons (Fsp3) is 0.269. The fourth-order valence-corrected chi connectivity index (χ4v) is 4.81. The van der Waals surface area contributed by atoms with E-state index < -0.39 is 23.1 Å². The molecule has 0 atom stereocenters. The van der Waals surface area contributed by atoms with Gasteiger partial charge in [-0.1, -0.05) is 11.6 Å². The molecule has 0 aliphatic heterocycles. The van der Waals surface area contributed by atoms with Crippen LogP contribution in [0.3, 0.4) is 0 Å². The molecule has 1 amide bonds. The zero-order valence-corrected chi connectivity index (χ0v) is 23.0. The van der Waals surface area contributed by atoms with Gasteiger partial charge in [0.2, 0.25) is 11.9 Å². The summed E-state index contributed by atoms with van der Waals surface area (Å²) < 4.78 is 64.5. The Bertz CT molecular complexity index is 1960. The highest BCUT2D eigenvalue weighted by Gasteiger charge is 2.33. The number of anilines is 3. The zero-order chi connectivity index (χ0) is 30.1. The van der Waals surface area contributed by atoms with E-state index in [1.165, 1.54) is 52.7 Å². The Morgan fingerprint density at radius 2 is 1.88 bits per heavy atom. The predicted octanol–water partition coefficient (Wildman–Crippen LogP) is 5.03. The lowest BCUT2D eigenvalue weighted by molar-refractivity contribution is -0.138. The van der Waals surface area contributed by atoms with Crippen molar-refractivity contribution in [1.29, 1.82) is 0 Å². The number of halogens is 5. The van der Waals surface area contributed by atoms with Crippen molar-refractivity contribution in [2.75, 3.05) is 17.3 Å². The van der Waals surface area contributed by atoms with Crippen molar-refractivity contribution in [1.82, 2.24) is 28.7 Å². The van der Waals surface area contributed by atoms with Crippen LogP contribution in [0.1, 0.15) is 18.4 Å². The number of rotatable bonds is 6. The summed E-state index contributed by atoms with van der Waals surface area (Å²) in [7, 11) is 4.30.